The maximum Gasteiger partial charge on any atom is 0.216 e. The van der Waals surface area contributed by atoms with E-state index >= 15 is 0 Å². The zero-order chi connectivity index (χ0) is 37.1. The first-order chi connectivity index (χ1) is 23.4. The van der Waals surface area contributed by atoms with Gasteiger partial charge in [0.2, 0.25) is 5.71 Å². The van der Waals surface area contributed by atoms with E-state index in [-0.39, 0.29) is 53.6 Å². The SMILES string of the molecule is CCC(C)(CC)C(=O)/C=C(\O)C(C)(CC)CC.[2H]C([2H])([2H])c1ccc2c(n1)oc1c(-c3ccc(-c4ccc(C(C)(C)C)cc4)cn3)[c-]ccc12.[Ir]. The molecule has 48 heavy (non-hydrogen) atoms. The molecule has 3 heterocycles. The average molecular weight is 827 g/mol. The Kier molecular flexibility index (Phi) is 11.2. The fraction of sp³-hybridized carbons (Fsp3) is 0.405. The predicted molar refractivity (Wildman–Crippen MR) is 196 cm³/mol. The summed E-state index contributed by atoms with van der Waals surface area (Å²) in [7, 11) is 0. The number of carbonyl (C=O) groups is 1. The molecule has 3 aromatic heterocycles. The number of nitrogens with zero attached hydrogens (tertiary/aromatic N) is 2. The van der Waals surface area contributed by atoms with E-state index in [4.69, 9.17) is 8.53 Å². The van der Waals surface area contributed by atoms with E-state index in [1.165, 1.54) is 17.7 Å². The van der Waals surface area contributed by atoms with Crippen LogP contribution in [0.3, 0.4) is 0 Å². The van der Waals surface area contributed by atoms with Crippen LogP contribution in [-0.2, 0) is 30.3 Å². The maximum absolute atomic E-state index is 12.2. The van der Waals surface area contributed by atoms with Gasteiger partial charge in [-0.05, 0) is 72.5 Å². The fourth-order valence-electron chi connectivity index (χ4n) is 5.37. The van der Waals surface area contributed by atoms with Crippen molar-refractivity contribution in [2.75, 3.05) is 0 Å². The van der Waals surface area contributed by atoms with Crippen LogP contribution in [-0.4, -0.2) is 20.9 Å². The van der Waals surface area contributed by atoms with Gasteiger partial charge in [-0.2, -0.15) is 0 Å². The second kappa shape index (κ2) is 15.7. The number of furan rings is 1. The Morgan fingerprint density at radius 3 is 2.02 bits per heavy atom. The number of hydrogen-bond donors (Lipinski definition) is 1. The van der Waals surface area contributed by atoms with Crippen molar-refractivity contribution in [2.24, 2.45) is 10.8 Å². The molecule has 1 N–H and O–H groups in total. The Bertz CT molecular complexity index is 1960. The van der Waals surface area contributed by atoms with E-state index in [1.807, 2.05) is 72.0 Å². The van der Waals surface area contributed by atoms with Crippen molar-refractivity contribution in [1.29, 1.82) is 0 Å². The van der Waals surface area contributed by atoms with Crippen LogP contribution in [0.15, 0.2) is 83.1 Å². The van der Waals surface area contributed by atoms with Crippen molar-refractivity contribution >= 4 is 27.9 Å². The second-order valence-electron chi connectivity index (χ2n) is 13.9. The standard InChI is InChI=1S/C27H23N2O.C15H28O2.Ir/c1-17-8-14-22-21-6-5-7-23(25(21)30-26(22)29-17)24-15-11-19(16-28-24)18-9-12-20(13-10-18)27(2,3)4;1-7-14(5,8-2)12(16)11-13(17)15(6,9-3)10-4;/h5-6,8-16H,1-4H3;11,16H,7-10H2,1-6H3;/q-1;;/b;12-11-;/i1D3;;. The largest absolute Gasteiger partial charge is 0.512 e. The van der Waals surface area contributed by atoms with Gasteiger partial charge >= 0.3 is 0 Å². The topological polar surface area (TPSA) is 76.2 Å². The number of benzene rings is 2. The van der Waals surface area contributed by atoms with Gasteiger partial charge < -0.3 is 14.5 Å². The number of aryl methyl sites for hydroxylation is 1. The first-order valence-electron chi connectivity index (χ1n) is 18.2. The van der Waals surface area contributed by atoms with E-state index in [1.54, 1.807) is 6.07 Å². The predicted octanol–water partition coefficient (Wildman–Crippen LogP) is 11.8. The number of ketones is 1. The summed E-state index contributed by atoms with van der Waals surface area (Å²) in [6.07, 6.45) is 6.60. The number of allylic oxidation sites excluding steroid dienone is 2. The molecule has 0 fully saturated rings. The zero-order valence-corrected chi connectivity index (χ0v) is 32.1. The van der Waals surface area contributed by atoms with E-state index in [0.29, 0.717) is 11.3 Å². The third-order valence-electron chi connectivity index (χ3n) is 10.0. The van der Waals surface area contributed by atoms with Gasteiger partial charge in [-0.15, -0.1) is 18.2 Å². The third kappa shape index (κ3) is 8.33. The molecule has 0 aliphatic rings. The third-order valence-corrected chi connectivity index (χ3v) is 10.0. The van der Waals surface area contributed by atoms with Crippen LogP contribution in [0.2, 0.25) is 0 Å². The molecule has 0 saturated heterocycles. The Morgan fingerprint density at radius 1 is 0.854 bits per heavy atom. The van der Waals surface area contributed by atoms with E-state index in [2.05, 4.69) is 61.1 Å². The first kappa shape index (κ1) is 34.3. The minimum absolute atomic E-state index is 0. The molecule has 0 aliphatic carbocycles. The molecule has 257 valence electrons. The zero-order valence-electron chi connectivity index (χ0n) is 32.7. The van der Waals surface area contributed by atoms with Gasteiger partial charge in [0.05, 0.1) is 5.58 Å². The average Bonchev–Trinajstić information content (AvgIpc) is 3.49. The van der Waals surface area contributed by atoms with Crippen LogP contribution < -0.4 is 0 Å². The molecule has 0 atom stereocenters. The monoisotopic (exact) mass is 827 g/mol. The van der Waals surface area contributed by atoms with Crippen molar-refractivity contribution in [3.05, 3.63) is 96.0 Å². The van der Waals surface area contributed by atoms with E-state index < -0.39 is 6.85 Å². The molecule has 0 unspecified atom stereocenters. The number of hydrogen-bond acceptors (Lipinski definition) is 5. The minimum atomic E-state index is -2.29. The van der Waals surface area contributed by atoms with Crippen LogP contribution in [0.1, 0.15) is 103 Å². The first-order valence-corrected chi connectivity index (χ1v) is 16.7. The Labute approximate surface area is 304 Å². The number of fused-ring (bicyclic) bond motifs is 3. The molecular weight excluding hydrogens is 773 g/mol. The number of pyridine rings is 2. The molecule has 5 nitrogen and oxygen atoms in total. The maximum atomic E-state index is 12.2. The molecule has 6 heteroatoms. The number of aliphatic hydroxyl groups is 1. The fourth-order valence-corrected chi connectivity index (χ4v) is 5.37. The van der Waals surface area contributed by atoms with Gasteiger partial charge in [-0.25, -0.2) is 4.98 Å². The normalized spacial score (nSPS) is 13.6. The quantitative estimate of drug-likeness (QED) is 0.0910. The van der Waals surface area contributed by atoms with Gasteiger partial charge in [-0.1, -0.05) is 110 Å². The summed E-state index contributed by atoms with van der Waals surface area (Å²) < 4.78 is 28.8. The molecule has 0 amide bonds. The van der Waals surface area contributed by atoms with E-state index in [0.717, 1.165) is 58.8 Å². The van der Waals surface area contributed by atoms with Crippen LogP contribution >= 0.6 is 0 Å². The summed E-state index contributed by atoms with van der Waals surface area (Å²) in [5.41, 5.74) is 5.29. The van der Waals surface area contributed by atoms with Crippen molar-refractivity contribution in [3.8, 4) is 22.4 Å². The number of aliphatic hydroxyl groups excluding tert-OH is 1. The summed E-state index contributed by atoms with van der Waals surface area (Å²) in [4.78, 5) is 21.1. The molecule has 5 aromatic rings. The number of rotatable bonds is 9. The van der Waals surface area contributed by atoms with Crippen molar-refractivity contribution < 1.29 is 38.5 Å². The second-order valence-corrected chi connectivity index (χ2v) is 13.9. The summed E-state index contributed by atoms with van der Waals surface area (Å²) in [6, 6.07) is 22.8. The Balaban J connectivity index is 0.000000335. The molecule has 0 aliphatic heterocycles. The molecule has 0 spiro atoms. The van der Waals surface area contributed by atoms with Crippen LogP contribution in [0.25, 0.3) is 44.5 Å². The van der Waals surface area contributed by atoms with Gasteiger partial charge in [0.25, 0.3) is 0 Å². The smallest absolute Gasteiger partial charge is 0.216 e. The summed E-state index contributed by atoms with van der Waals surface area (Å²) in [5, 5.41) is 11.8. The summed E-state index contributed by atoms with van der Waals surface area (Å²) >= 11 is 0. The number of carbonyl (C=O) groups excluding carboxylic acids is 1. The minimum Gasteiger partial charge on any atom is -0.512 e. The van der Waals surface area contributed by atoms with Gasteiger partial charge in [-0.3, -0.25) is 4.79 Å². The van der Waals surface area contributed by atoms with Gasteiger partial charge in [0, 0.05) is 58.4 Å². The molecule has 0 saturated carbocycles. The van der Waals surface area contributed by atoms with Crippen molar-refractivity contribution in [2.45, 2.75) is 100 Å². The Hall–Kier alpha value is -3.60. The van der Waals surface area contributed by atoms with Crippen LogP contribution in [0, 0.1) is 23.7 Å². The van der Waals surface area contributed by atoms with Crippen molar-refractivity contribution in [3.63, 3.8) is 0 Å². The summed E-state index contributed by atoms with van der Waals surface area (Å²) in [5.74, 6) is 0.286. The summed E-state index contributed by atoms with van der Waals surface area (Å²) in [6.45, 7) is 16.4. The molecule has 2 aromatic carbocycles. The Morgan fingerprint density at radius 2 is 1.48 bits per heavy atom. The van der Waals surface area contributed by atoms with Crippen molar-refractivity contribution in [1.82, 2.24) is 9.97 Å². The van der Waals surface area contributed by atoms with E-state index in [9.17, 15) is 9.90 Å². The van der Waals surface area contributed by atoms with Crippen LogP contribution in [0.4, 0.5) is 0 Å². The molecular formula is C42H51IrN2O3-. The number of aromatic nitrogens is 2. The van der Waals surface area contributed by atoms with Gasteiger partial charge in [0.15, 0.2) is 5.78 Å². The molecule has 0 bridgehead atoms. The van der Waals surface area contributed by atoms with Crippen LogP contribution in [0.5, 0.6) is 0 Å². The molecule has 5 rings (SSSR count). The van der Waals surface area contributed by atoms with Gasteiger partial charge in [0.1, 0.15) is 5.76 Å². The molecule has 1 radical (unpaired) electrons.